The highest BCUT2D eigenvalue weighted by Gasteiger charge is 2.34. The number of allylic oxidation sites excluding steroid dienone is 4. The summed E-state index contributed by atoms with van der Waals surface area (Å²) in [7, 11) is 0. The van der Waals surface area contributed by atoms with Crippen LogP contribution < -0.4 is 5.32 Å². The van der Waals surface area contributed by atoms with E-state index < -0.39 is 0 Å². The molecular formula is C15H16N2O2. The maximum atomic E-state index is 5.58. The highest BCUT2D eigenvalue weighted by Crippen LogP contribution is 2.36. The maximum Gasteiger partial charge on any atom is 0.148 e. The fraction of sp³-hybridized carbons (Fsp3) is 0.400. The monoisotopic (exact) mass is 256 g/mol. The van der Waals surface area contributed by atoms with Crippen molar-refractivity contribution in [3.63, 3.8) is 0 Å². The van der Waals surface area contributed by atoms with Crippen molar-refractivity contribution in [2.75, 3.05) is 6.79 Å². The van der Waals surface area contributed by atoms with Crippen LogP contribution in [0, 0.1) is 5.92 Å². The topological polar surface area (TPSA) is 42.9 Å². The van der Waals surface area contributed by atoms with Gasteiger partial charge < -0.3 is 14.8 Å². The largest absolute Gasteiger partial charge is 0.347 e. The van der Waals surface area contributed by atoms with Crippen LogP contribution in [0.25, 0.3) is 0 Å². The highest BCUT2D eigenvalue weighted by molar-refractivity contribution is 5.94. The molecule has 4 aliphatic rings. The molecule has 1 fully saturated rings. The van der Waals surface area contributed by atoms with Crippen molar-refractivity contribution in [2.45, 2.75) is 25.6 Å². The third kappa shape index (κ3) is 1.71. The van der Waals surface area contributed by atoms with Gasteiger partial charge in [0.15, 0.2) is 0 Å². The SMILES string of the molecule is CC1=C(C2=CC3OCOC3C=C2)C2CC=CN=C2N1. The summed E-state index contributed by atoms with van der Waals surface area (Å²) in [5, 5.41) is 3.39. The standard InChI is InChI=1S/C15H16N2O2/c1-9-14(11-3-2-6-16-15(11)17-9)10-4-5-12-13(7-10)19-8-18-12/h2,4-7,11-13H,3,8H2,1H3,(H,16,17). The maximum absolute atomic E-state index is 5.58. The minimum absolute atomic E-state index is 0.0559. The van der Waals surface area contributed by atoms with Gasteiger partial charge in [0.1, 0.15) is 24.8 Å². The molecule has 19 heavy (non-hydrogen) atoms. The first-order chi connectivity index (χ1) is 9.33. The van der Waals surface area contributed by atoms with Crippen LogP contribution in [0.1, 0.15) is 13.3 Å². The minimum atomic E-state index is 0.0559. The molecule has 1 aliphatic carbocycles. The molecule has 0 spiro atoms. The summed E-state index contributed by atoms with van der Waals surface area (Å²) in [5.41, 5.74) is 3.77. The van der Waals surface area contributed by atoms with E-state index in [9.17, 15) is 0 Å². The van der Waals surface area contributed by atoms with Crippen LogP contribution in [0.3, 0.4) is 0 Å². The predicted octanol–water partition coefficient (Wildman–Crippen LogP) is 2.03. The van der Waals surface area contributed by atoms with Crippen molar-refractivity contribution in [2.24, 2.45) is 10.9 Å². The van der Waals surface area contributed by atoms with Crippen LogP contribution in [0.4, 0.5) is 0 Å². The third-order valence-corrected chi connectivity index (χ3v) is 4.05. The zero-order chi connectivity index (χ0) is 12.8. The number of aliphatic imine (C=N–C) groups is 1. The number of hydrogen-bond donors (Lipinski definition) is 1. The van der Waals surface area contributed by atoms with E-state index in [1.54, 1.807) is 0 Å². The van der Waals surface area contributed by atoms with Crippen molar-refractivity contribution in [3.05, 3.63) is 47.3 Å². The molecule has 3 unspecified atom stereocenters. The molecule has 0 bridgehead atoms. The Bertz CT molecular complexity index is 569. The Labute approximate surface area is 112 Å². The quantitative estimate of drug-likeness (QED) is 0.780. The molecule has 3 aliphatic heterocycles. The van der Waals surface area contributed by atoms with Crippen LogP contribution >= 0.6 is 0 Å². The predicted molar refractivity (Wildman–Crippen MR) is 72.4 cm³/mol. The van der Waals surface area contributed by atoms with Gasteiger partial charge in [-0.3, -0.25) is 0 Å². The van der Waals surface area contributed by atoms with Gasteiger partial charge in [-0.15, -0.1) is 0 Å². The Hall–Kier alpha value is -1.65. The lowest BCUT2D eigenvalue weighted by Gasteiger charge is -2.21. The van der Waals surface area contributed by atoms with E-state index in [4.69, 9.17) is 9.47 Å². The van der Waals surface area contributed by atoms with Gasteiger partial charge >= 0.3 is 0 Å². The zero-order valence-corrected chi connectivity index (χ0v) is 10.8. The molecule has 0 saturated carbocycles. The molecule has 0 aromatic heterocycles. The lowest BCUT2D eigenvalue weighted by molar-refractivity contribution is 0.0503. The van der Waals surface area contributed by atoms with Crippen molar-refractivity contribution in [1.82, 2.24) is 5.32 Å². The number of nitrogens with one attached hydrogen (secondary N) is 1. The van der Waals surface area contributed by atoms with Crippen LogP contribution in [0.15, 0.2) is 52.3 Å². The molecule has 4 rings (SSSR count). The van der Waals surface area contributed by atoms with E-state index in [-0.39, 0.29) is 12.2 Å². The van der Waals surface area contributed by atoms with Crippen LogP contribution in [-0.2, 0) is 9.47 Å². The fourth-order valence-corrected chi connectivity index (χ4v) is 3.15. The van der Waals surface area contributed by atoms with Crippen molar-refractivity contribution in [1.29, 1.82) is 0 Å². The summed E-state index contributed by atoms with van der Waals surface area (Å²) in [6.07, 6.45) is 11.6. The van der Waals surface area contributed by atoms with E-state index in [2.05, 4.69) is 41.5 Å². The van der Waals surface area contributed by atoms with Gasteiger partial charge in [-0.05, 0) is 30.6 Å². The van der Waals surface area contributed by atoms with Gasteiger partial charge in [-0.2, -0.15) is 0 Å². The third-order valence-electron chi connectivity index (χ3n) is 4.05. The number of fused-ring (bicyclic) bond motifs is 2. The Kier molecular flexibility index (Phi) is 2.47. The average Bonchev–Trinajstić information content (AvgIpc) is 3.00. The van der Waals surface area contributed by atoms with Gasteiger partial charge in [0.05, 0.1) is 0 Å². The van der Waals surface area contributed by atoms with E-state index in [0.29, 0.717) is 12.7 Å². The molecule has 0 radical (unpaired) electrons. The Morgan fingerprint density at radius 2 is 2.21 bits per heavy atom. The molecule has 3 atom stereocenters. The summed E-state index contributed by atoms with van der Waals surface area (Å²) >= 11 is 0. The Morgan fingerprint density at radius 3 is 3.16 bits per heavy atom. The summed E-state index contributed by atoms with van der Waals surface area (Å²) < 4.78 is 11.1. The van der Waals surface area contributed by atoms with E-state index >= 15 is 0 Å². The van der Waals surface area contributed by atoms with Gasteiger partial charge in [-0.1, -0.05) is 18.2 Å². The van der Waals surface area contributed by atoms with Crippen LogP contribution in [0.2, 0.25) is 0 Å². The number of hydrogen-bond acceptors (Lipinski definition) is 4. The molecule has 4 nitrogen and oxygen atoms in total. The first-order valence-corrected chi connectivity index (χ1v) is 6.67. The Morgan fingerprint density at radius 1 is 1.32 bits per heavy atom. The van der Waals surface area contributed by atoms with Crippen molar-refractivity contribution < 1.29 is 9.47 Å². The average molecular weight is 256 g/mol. The second-order valence-corrected chi connectivity index (χ2v) is 5.21. The molecule has 98 valence electrons. The van der Waals surface area contributed by atoms with Gasteiger partial charge in [-0.25, -0.2) is 4.99 Å². The molecule has 1 N–H and O–H groups in total. The number of nitrogens with zero attached hydrogens (tertiary/aromatic N) is 1. The summed E-state index contributed by atoms with van der Waals surface area (Å²) in [4.78, 5) is 4.43. The van der Waals surface area contributed by atoms with Crippen LogP contribution in [-0.4, -0.2) is 24.8 Å². The summed E-state index contributed by atoms with van der Waals surface area (Å²) in [5.74, 6) is 1.43. The summed E-state index contributed by atoms with van der Waals surface area (Å²) in [6, 6.07) is 0. The van der Waals surface area contributed by atoms with E-state index in [0.717, 1.165) is 12.3 Å². The molecule has 0 amide bonds. The van der Waals surface area contributed by atoms with E-state index in [1.165, 1.54) is 16.8 Å². The van der Waals surface area contributed by atoms with Crippen LogP contribution in [0.5, 0.6) is 0 Å². The van der Waals surface area contributed by atoms with Crippen molar-refractivity contribution >= 4 is 5.84 Å². The van der Waals surface area contributed by atoms with Gasteiger partial charge in [0, 0.05) is 17.8 Å². The van der Waals surface area contributed by atoms with E-state index in [1.807, 2.05) is 6.20 Å². The van der Waals surface area contributed by atoms with Gasteiger partial charge in [0.2, 0.25) is 0 Å². The smallest absolute Gasteiger partial charge is 0.148 e. The molecule has 1 saturated heterocycles. The normalized spacial score (nSPS) is 35.7. The molecule has 3 heterocycles. The molecule has 4 heteroatoms. The molecule has 0 aromatic carbocycles. The Balaban J connectivity index is 1.69. The molecule has 0 aromatic rings. The number of ether oxygens (including phenoxy) is 2. The number of amidine groups is 1. The van der Waals surface area contributed by atoms with Gasteiger partial charge in [0.25, 0.3) is 0 Å². The fourth-order valence-electron chi connectivity index (χ4n) is 3.15. The first kappa shape index (κ1) is 11.2. The lowest BCUT2D eigenvalue weighted by Crippen LogP contribution is -2.24. The lowest BCUT2D eigenvalue weighted by atomic mass is 9.86. The zero-order valence-electron chi connectivity index (χ0n) is 10.8. The second kappa shape index (κ2) is 4.18. The first-order valence-electron chi connectivity index (χ1n) is 6.67. The highest BCUT2D eigenvalue weighted by atomic mass is 16.7. The second-order valence-electron chi connectivity index (χ2n) is 5.21. The minimum Gasteiger partial charge on any atom is -0.347 e. The van der Waals surface area contributed by atoms with Crippen molar-refractivity contribution in [3.8, 4) is 0 Å². The number of rotatable bonds is 1. The molecular weight excluding hydrogens is 240 g/mol. The summed E-state index contributed by atoms with van der Waals surface area (Å²) in [6.45, 7) is 2.50.